The van der Waals surface area contributed by atoms with E-state index in [9.17, 15) is 31.9 Å². The van der Waals surface area contributed by atoms with E-state index in [0.29, 0.717) is 12.3 Å². The van der Waals surface area contributed by atoms with Gasteiger partial charge in [-0.2, -0.15) is 13.2 Å². The van der Waals surface area contributed by atoms with Crippen molar-refractivity contribution in [3.8, 4) is 12.3 Å². The van der Waals surface area contributed by atoms with Crippen LogP contribution < -0.4 is 10.4 Å². The first-order chi connectivity index (χ1) is 11.3. The van der Waals surface area contributed by atoms with E-state index in [-0.39, 0.29) is 0 Å². The number of nitrogens with one attached hydrogen (secondary N) is 1. The van der Waals surface area contributed by atoms with Gasteiger partial charge in [-0.05, 0) is 19.9 Å². The smallest absolute Gasteiger partial charge is 0.417 e. The molecule has 0 saturated heterocycles. The number of halogens is 5. The van der Waals surface area contributed by atoms with Gasteiger partial charge < -0.3 is 14.8 Å². The Kier molecular flexibility index (Phi) is 4.63. The van der Waals surface area contributed by atoms with Gasteiger partial charge in [0, 0.05) is 30.7 Å². The lowest BCUT2D eigenvalue weighted by Gasteiger charge is -2.47. The van der Waals surface area contributed by atoms with Gasteiger partial charge in [0.2, 0.25) is 0 Å². The topological polar surface area (TPSA) is 55.4 Å². The predicted molar refractivity (Wildman–Crippen MR) is 76.9 cm³/mol. The summed E-state index contributed by atoms with van der Waals surface area (Å²) < 4.78 is 65.3. The summed E-state index contributed by atoms with van der Waals surface area (Å²) >= 11 is 0. The molecule has 25 heavy (non-hydrogen) atoms. The number of hydrogen-bond acceptors (Lipinski definition) is 4. The monoisotopic (exact) mass is 363 g/mol. The maximum Gasteiger partial charge on any atom is 0.417 e. The van der Waals surface area contributed by atoms with E-state index in [1.807, 2.05) is 0 Å². The Morgan fingerprint density at radius 2 is 1.96 bits per heavy atom. The van der Waals surface area contributed by atoms with Crippen molar-refractivity contribution < 1.29 is 31.9 Å². The highest BCUT2D eigenvalue weighted by Crippen LogP contribution is 2.40. The van der Waals surface area contributed by atoms with Crippen molar-refractivity contribution in [1.29, 1.82) is 0 Å². The van der Waals surface area contributed by atoms with Crippen LogP contribution in [0.2, 0.25) is 0 Å². The summed E-state index contributed by atoms with van der Waals surface area (Å²) in [5.41, 5.74) is -3.24. The van der Waals surface area contributed by atoms with Crippen LogP contribution in [0.25, 0.3) is 0 Å². The van der Waals surface area contributed by atoms with Crippen LogP contribution >= 0.6 is 0 Å². The van der Waals surface area contributed by atoms with Gasteiger partial charge in [-0.3, -0.25) is 5.32 Å². The van der Waals surface area contributed by atoms with Crippen molar-refractivity contribution in [3.05, 3.63) is 23.4 Å². The van der Waals surface area contributed by atoms with E-state index in [4.69, 9.17) is 6.42 Å². The molecule has 1 aliphatic carbocycles. The zero-order valence-electron chi connectivity index (χ0n) is 13.5. The molecule has 1 unspecified atom stereocenters. The molecular weight excluding hydrogens is 347 g/mol. The van der Waals surface area contributed by atoms with Gasteiger partial charge in [0.15, 0.2) is 0 Å². The fraction of sp³-hybridized carbons (Fsp3) is 0.562. The summed E-state index contributed by atoms with van der Waals surface area (Å²) in [6, 6.07) is -0.750. The van der Waals surface area contributed by atoms with Crippen LogP contribution in [0.5, 0.6) is 0 Å². The normalized spacial score (nSPS) is 24.1. The Bertz CT molecular complexity index is 665. The third-order valence-corrected chi connectivity index (χ3v) is 4.21. The van der Waals surface area contributed by atoms with Gasteiger partial charge in [-0.15, -0.1) is 6.42 Å². The van der Waals surface area contributed by atoms with E-state index >= 15 is 0 Å². The Balaban J connectivity index is 2.42. The van der Waals surface area contributed by atoms with Crippen molar-refractivity contribution in [1.82, 2.24) is 10.2 Å². The molecular formula is C16H16F5N2O2-. The molecule has 2 aliphatic rings. The molecule has 9 heteroatoms. The summed E-state index contributed by atoms with van der Waals surface area (Å²) in [4.78, 5) is 12.4. The van der Waals surface area contributed by atoms with E-state index in [1.54, 1.807) is 0 Å². The first kappa shape index (κ1) is 19.2. The maximum atomic E-state index is 13.1. The number of carboxylic acid groups (broad SMARTS) is 1. The van der Waals surface area contributed by atoms with Crippen LogP contribution in [0, 0.1) is 12.3 Å². The van der Waals surface area contributed by atoms with Gasteiger partial charge >= 0.3 is 6.18 Å². The summed E-state index contributed by atoms with van der Waals surface area (Å²) in [7, 11) is 0. The molecule has 2 rings (SSSR count). The molecule has 0 bridgehead atoms. The van der Waals surface area contributed by atoms with Crippen molar-refractivity contribution in [2.24, 2.45) is 0 Å². The lowest BCUT2D eigenvalue weighted by atomic mass is 9.87. The number of carbonyl (C=O) groups is 1. The first-order valence-electron chi connectivity index (χ1n) is 7.39. The quantitative estimate of drug-likeness (QED) is 0.608. The maximum absolute atomic E-state index is 13.1. The number of rotatable bonds is 4. The van der Waals surface area contributed by atoms with Gasteiger partial charge in [-0.25, -0.2) is 8.78 Å². The molecule has 0 aromatic carbocycles. The molecule has 138 valence electrons. The molecule has 0 amide bonds. The fourth-order valence-corrected chi connectivity index (χ4v) is 2.71. The second-order valence-corrected chi connectivity index (χ2v) is 6.61. The second-order valence-electron chi connectivity index (χ2n) is 6.61. The summed E-state index contributed by atoms with van der Waals surface area (Å²) in [5.74, 6) is -2.43. The van der Waals surface area contributed by atoms with Crippen LogP contribution in [-0.2, 0) is 4.79 Å². The molecule has 1 saturated carbocycles. The lowest BCUT2D eigenvalue weighted by molar-refractivity contribution is -0.300. The van der Waals surface area contributed by atoms with Gasteiger partial charge in [0.05, 0.1) is 17.1 Å². The molecule has 0 aromatic heterocycles. The van der Waals surface area contributed by atoms with E-state index in [0.717, 1.165) is 4.90 Å². The largest absolute Gasteiger partial charge is 0.545 e. The number of carboxylic acids is 1. The zero-order chi connectivity index (χ0) is 19.2. The lowest BCUT2D eigenvalue weighted by Crippen LogP contribution is -2.62. The highest BCUT2D eigenvalue weighted by molar-refractivity contribution is 5.87. The number of nitrogens with zero attached hydrogens (tertiary/aromatic N) is 1. The Hall–Kier alpha value is -2.08. The van der Waals surface area contributed by atoms with Crippen molar-refractivity contribution in [2.75, 3.05) is 0 Å². The number of terminal acetylenes is 1. The highest BCUT2D eigenvalue weighted by Gasteiger charge is 2.48. The van der Waals surface area contributed by atoms with Crippen LogP contribution in [0.15, 0.2) is 23.4 Å². The second kappa shape index (κ2) is 6.02. The van der Waals surface area contributed by atoms with Crippen LogP contribution in [0.1, 0.15) is 26.7 Å². The molecule has 0 spiro atoms. The Labute approximate surface area is 141 Å². The molecule has 1 aliphatic heterocycles. The summed E-state index contributed by atoms with van der Waals surface area (Å²) in [5, 5.41) is 14.0. The molecule has 0 radical (unpaired) electrons. The SMILES string of the molecule is C#CC(C)(C)N1C=C(C(F)(F)F)C=C(C(=O)[O-])C1NC1CC(F)(F)C1. The number of aliphatic carboxylic acids is 1. The number of allylic oxidation sites excluding steroid dienone is 2. The average molecular weight is 363 g/mol. The van der Waals surface area contributed by atoms with Gasteiger partial charge in [0.25, 0.3) is 5.92 Å². The van der Waals surface area contributed by atoms with Crippen molar-refractivity contribution in [3.63, 3.8) is 0 Å². The number of hydrogen-bond donors (Lipinski definition) is 1. The van der Waals surface area contributed by atoms with Crippen LogP contribution in [-0.4, -0.2) is 40.7 Å². The minimum atomic E-state index is -4.81. The van der Waals surface area contributed by atoms with Crippen molar-refractivity contribution in [2.45, 2.75) is 56.5 Å². The third kappa shape index (κ3) is 3.95. The Morgan fingerprint density at radius 1 is 1.40 bits per heavy atom. The fourth-order valence-electron chi connectivity index (χ4n) is 2.71. The minimum Gasteiger partial charge on any atom is -0.545 e. The molecule has 1 heterocycles. The predicted octanol–water partition coefficient (Wildman–Crippen LogP) is 1.55. The van der Waals surface area contributed by atoms with Crippen LogP contribution in [0.4, 0.5) is 22.0 Å². The highest BCUT2D eigenvalue weighted by atomic mass is 19.4. The Morgan fingerprint density at radius 3 is 2.36 bits per heavy atom. The van der Waals surface area contributed by atoms with Crippen molar-refractivity contribution >= 4 is 5.97 Å². The summed E-state index contributed by atoms with van der Waals surface area (Å²) in [6.07, 6.45) is -0.703. The third-order valence-electron chi connectivity index (χ3n) is 4.21. The number of alkyl halides is 5. The van der Waals surface area contributed by atoms with Gasteiger partial charge in [-0.1, -0.05) is 5.92 Å². The zero-order valence-corrected chi connectivity index (χ0v) is 13.5. The number of carbonyl (C=O) groups excluding carboxylic acids is 1. The van der Waals surface area contributed by atoms with E-state index in [2.05, 4.69) is 11.2 Å². The van der Waals surface area contributed by atoms with Crippen LogP contribution in [0.3, 0.4) is 0 Å². The summed E-state index contributed by atoms with van der Waals surface area (Å²) in [6.45, 7) is 2.83. The van der Waals surface area contributed by atoms with E-state index < -0.39 is 59.8 Å². The van der Waals surface area contributed by atoms with Gasteiger partial charge in [0.1, 0.15) is 6.17 Å². The molecule has 1 N–H and O–H groups in total. The average Bonchev–Trinajstić information content (AvgIpc) is 2.43. The molecule has 1 atom stereocenters. The van der Waals surface area contributed by atoms with E-state index in [1.165, 1.54) is 13.8 Å². The molecule has 0 aromatic rings. The molecule has 4 nitrogen and oxygen atoms in total. The molecule has 1 fully saturated rings. The minimum absolute atomic E-state index is 0.437. The first-order valence-corrected chi connectivity index (χ1v) is 7.39. The standard InChI is InChI=1S/C16H17F5N2O2/c1-4-14(2,3)23-8-9(16(19,20)21)5-11(13(24)25)12(23)22-10-6-15(17,18)7-10/h1,5,8,10,12,22H,6-7H2,2-3H3,(H,24,25)/p-1.